The molecule has 11 nitrogen and oxygen atoms in total. The zero-order valence-electron chi connectivity index (χ0n) is 21.4. The predicted octanol–water partition coefficient (Wildman–Crippen LogP) is 2.58. The lowest BCUT2D eigenvalue weighted by Crippen LogP contribution is -2.47. The van der Waals surface area contributed by atoms with Gasteiger partial charge in [-0.25, -0.2) is 14.3 Å². The standard InChI is InChI=1S/C19H25N5O2.2C2HF3O2/c1-14(2)24-17(26)16(25)23-12-8-19(18(23)21-24)6-10-22(11-7-19)13-15-5-3-4-9-20-15;2*3-2(4,5)1(6)7/h3-5,9,14H,6-8,10-13H2,1-2H3;2*(H,6,7). The summed E-state index contributed by atoms with van der Waals surface area (Å²) in [7, 11) is 0. The van der Waals surface area contributed by atoms with Crippen LogP contribution >= 0.6 is 0 Å². The Labute approximate surface area is 222 Å². The van der Waals surface area contributed by atoms with Crippen molar-refractivity contribution in [2.75, 3.05) is 13.1 Å². The van der Waals surface area contributed by atoms with Gasteiger partial charge in [-0.05, 0) is 58.3 Å². The molecule has 0 amide bonds. The molecule has 17 heteroatoms. The van der Waals surface area contributed by atoms with Crippen LogP contribution in [-0.2, 0) is 28.1 Å². The van der Waals surface area contributed by atoms with Crippen molar-refractivity contribution >= 4 is 11.9 Å². The molecule has 0 radical (unpaired) electrons. The molecule has 1 spiro atoms. The van der Waals surface area contributed by atoms with E-state index < -0.39 is 35.4 Å². The molecule has 2 aromatic heterocycles. The molecular formula is C23H27F6N5O6. The van der Waals surface area contributed by atoms with Crippen molar-refractivity contribution in [3.8, 4) is 0 Å². The first-order valence-corrected chi connectivity index (χ1v) is 11.9. The van der Waals surface area contributed by atoms with Gasteiger partial charge in [0.1, 0.15) is 5.82 Å². The number of carboxylic acid groups (broad SMARTS) is 2. The molecule has 1 fully saturated rings. The predicted molar refractivity (Wildman–Crippen MR) is 126 cm³/mol. The zero-order chi connectivity index (χ0) is 30.5. The van der Waals surface area contributed by atoms with E-state index in [-0.39, 0.29) is 11.5 Å². The van der Waals surface area contributed by atoms with Crippen LogP contribution in [0.5, 0.6) is 0 Å². The molecule has 4 heterocycles. The number of piperidine rings is 1. The Morgan fingerprint density at radius 2 is 1.43 bits per heavy atom. The number of hydrogen-bond acceptors (Lipinski definition) is 7. The Balaban J connectivity index is 0.000000333. The van der Waals surface area contributed by atoms with Crippen LogP contribution in [0.2, 0.25) is 0 Å². The smallest absolute Gasteiger partial charge is 0.475 e. The Hall–Kier alpha value is -3.76. The highest BCUT2D eigenvalue weighted by Gasteiger charge is 2.44. The Bertz CT molecular complexity index is 1270. The lowest BCUT2D eigenvalue weighted by Gasteiger charge is -2.38. The van der Waals surface area contributed by atoms with Crippen LogP contribution in [0.15, 0.2) is 34.0 Å². The Morgan fingerprint density at radius 3 is 1.85 bits per heavy atom. The van der Waals surface area contributed by atoms with Gasteiger partial charge in [0.15, 0.2) is 0 Å². The number of carboxylic acids is 2. The minimum Gasteiger partial charge on any atom is -0.475 e. The van der Waals surface area contributed by atoms with E-state index in [1.807, 2.05) is 32.2 Å². The lowest BCUT2D eigenvalue weighted by molar-refractivity contribution is -0.193. The molecule has 4 rings (SSSR count). The normalized spacial score (nSPS) is 16.4. The average Bonchev–Trinajstić information content (AvgIpc) is 3.21. The Kier molecular flexibility index (Phi) is 10.2. The van der Waals surface area contributed by atoms with Gasteiger partial charge in [-0.2, -0.15) is 31.4 Å². The second-order valence-electron chi connectivity index (χ2n) is 9.36. The summed E-state index contributed by atoms with van der Waals surface area (Å²) in [5, 5.41) is 18.9. The zero-order valence-corrected chi connectivity index (χ0v) is 21.4. The summed E-state index contributed by atoms with van der Waals surface area (Å²) < 4.78 is 66.5. The molecular weight excluding hydrogens is 556 g/mol. The number of hydrogen-bond donors (Lipinski definition) is 2. The van der Waals surface area contributed by atoms with E-state index in [1.165, 1.54) is 4.68 Å². The summed E-state index contributed by atoms with van der Waals surface area (Å²) in [5.41, 5.74) is 0.0764. The molecule has 2 aliphatic heterocycles. The van der Waals surface area contributed by atoms with Gasteiger partial charge in [0.2, 0.25) is 0 Å². The highest BCUT2D eigenvalue weighted by Crippen LogP contribution is 2.41. The second kappa shape index (κ2) is 12.6. The van der Waals surface area contributed by atoms with Crippen LogP contribution in [0.25, 0.3) is 0 Å². The number of halogens is 6. The van der Waals surface area contributed by atoms with Gasteiger partial charge >= 0.3 is 35.4 Å². The number of aliphatic carboxylic acids is 2. The molecule has 0 aromatic carbocycles. The minimum absolute atomic E-state index is 0.0792. The van der Waals surface area contributed by atoms with Crippen LogP contribution in [0.3, 0.4) is 0 Å². The highest BCUT2D eigenvalue weighted by atomic mass is 19.4. The van der Waals surface area contributed by atoms with Crippen molar-refractivity contribution in [3.05, 3.63) is 56.6 Å². The molecule has 0 unspecified atom stereocenters. The first-order valence-electron chi connectivity index (χ1n) is 11.9. The van der Waals surface area contributed by atoms with Crippen LogP contribution in [0.4, 0.5) is 26.3 Å². The summed E-state index contributed by atoms with van der Waals surface area (Å²) in [6, 6.07) is 5.89. The van der Waals surface area contributed by atoms with Crippen molar-refractivity contribution in [1.29, 1.82) is 0 Å². The van der Waals surface area contributed by atoms with E-state index in [2.05, 4.69) is 21.0 Å². The van der Waals surface area contributed by atoms with Crippen molar-refractivity contribution in [1.82, 2.24) is 24.2 Å². The number of pyridine rings is 1. The van der Waals surface area contributed by atoms with Crippen LogP contribution in [0, 0.1) is 0 Å². The van der Waals surface area contributed by atoms with Gasteiger partial charge in [0.25, 0.3) is 0 Å². The van der Waals surface area contributed by atoms with Crippen molar-refractivity contribution in [2.45, 2.75) is 70.0 Å². The van der Waals surface area contributed by atoms with E-state index in [1.54, 1.807) is 4.57 Å². The molecule has 222 valence electrons. The van der Waals surface area contributed by atoms with E-state index in [9.17, 15) is 35.9 Å². The van der Waals surface area contributed by atoms with Gasteiger partial charge in [0.05, 0.1) is 11.7 Å². The monoisotopic (exact) mass is 583 g/mol. The number of likely N-dealkylation sites (tertiary alicyclic amines) is 1. The third-order valence-corrected chi connectivity index (χ3v) is 6.28. The van der Waals surface area contributed by atoms with Crippen LogP contribution < -0.4 is 11.1 Å². The fourth-order valence-electron chi connectivity index (χ4n) is 4.23. The first kappa shape index (κ1) is 32.5. The molecule has 0 bridgehead atoms. The number of rotatable bonds is 3. The maximum absolute atomic E-state index is 12.5. The average molecular weight is 583 g/mol. The molecule has 2 aliphatic rings. The van der Waals surface area contributed by atoms with Crippen LogP contribution in [0.1, 0.15) is 50.7 Å². The molecule has 2 aromatic rings. The lowest BCUT2D eigenvalue weighted by atomic mass is 9.76. The fraction of sp³-hybridized carbons (Fsp3) is 0.565. The summed E-state index contributed by atoms with van der Waals surface area (Å²) in [4.78, 5) is 49.4. The third kappa shape index (κ3) is 8.12. The summed E-state index contributed by atoms with van der Waals surface area (Å²) >= 11 is 0. The molecule has 1 saturated heterocycles. The number of carbonyl (C=O) groups is 2. The quantitative estimate of drug-likeness (QED) is 0.411. The number of nitrogens with zero attached hydrogens (tertiary/aromatic N) is 5. The molecule has 0 aliphatic carbocycles. The number of alkyl halides is 6. The van der Waals surface area contributed by atoms with Crippen molar-refractivity contribution < 1.29 is 46.1 Å². The van der Waals surface area contributed by atoms with Crippen LogP contribution in [-0.4, -0.2) is 71.8 Å². The Morgan fingerprint density at radius 1 is 0.925 bits per heavy atom. The van der Waals surface area contributed by atoms with Gasteiger partial charge in [-0.3, -0.25) is 24.0 Å². The molecule has 0 saturated carbocycles. The van der Waals surface area contributed by atoms with E-state index in [0.29, 0.717) is 6.54 Å². The summed E-state index contributed by atoms with van der Waals surface area (Å²) in [6.45, 7) is 7.14. The summed E-state index contributed by atoms with van der Waals surface area (Å²) in [5.74, 6) is -4.70. The molecule has 2 N–H and O–H groups in total. The maximum Gasteiger partial charge on any atom is 0.490 e. The fourth-order valence-corrected chi connectivity index (χ4v) is 4.23. The SMILES string of the molecule is CC(C)n1nc2n(c(=O)c1=O)CCC21CCN(Cc2ccccn2)CC1.O=C(O)C(F)(F)F.O=C(O)C(F)(F)F. The van der Waals surface area contributed by atoms with E-state index >= 15 is 0 Å². The van der Waals surface area contributed by atoms with Crippen molar-refractivity contribution in [3.63, 3.8) is 0 Å². The van der Waals surface area contributed by atoms with Gasteiger partial charge < -0.3 is 10.2 Å². The summed E-state index contributed by atoms with van der Waals surface area (Å²) in [6.07, 6.45) is -5.52. The molecule has 0 atom stereocenters. The van der Waals surface area contributed by atoms with Gasteiger partial charge in [0, 0.05) is 24.7 Å². The molecule has 40 heavy (non-hydrogen) atoms. The number of aromatic nitrogens is 4. The van der Waals surface area contributed by atoms with E-state index in [0.717, 1.165) is 50.4 Å². The van der Waals surface area contributed by atoms with Gasteiger partial charge in [-0.15, -0.1) is 0 Å². The first-order chi connectivity index (χ1) is 18.4. The highest BCUT2D eigenvalue weighted by molar-refractivity contribution is 5.73. The number of fused-ring (bicyclic) bond motifs is 2. The van der Waals surface area contributed by atoms with Crippen molar-refractivity contribution in [2.24, 2.45) is 0 Å². The topological polar surface area (TPSA) is 148 Å². The largest absolute Gasteiger partial charge is 0.490 e. The van der Waals surface area contributed by atoms with E-state index in [4.69, 9.17) is 19.8 Å². The second-order valence-corrected chi connectivity index (χ2v) is 9.36. The maximum atomic E-state index is 12.5. The minimum atomic E-state index is -5.08. The third-order valence-electron chi connectivity index (χ3n) is 6.28. The van der Waals surface area contributed by atoms with Gasteiger partial charge in [-0.1, -0.05) is 6.07 Å².